The first kappa shape index (κ1) is 23.6. The molecule has 0 N–H and O–H groups in total. The number of thioether (sulfide) groups is 1. The highest BCUT2D eigenvalue weighted by atomic mass is 32.2. The molecule has 2 aliphatic heterocycles. The minimum atomic E-state index is -0.202. The second-order valence-electron chi connectivity index (χ2n) is 8.71. The topological polar surface area (TPSA) is 85.9 Å². The van der Waals surface area contributed by atoms with Crippen LogP contribution in [0.15, 0.2) is 52.2 Å². The molecule has 35 heavy (non-hydrogen) atoms. The van der Waals surface area contributed by atoms with Gasteiger partial charge in [0.2, 0.25) is 11.9 Å². The Kier molecular flexibility index (Phi) is 7.46. The van der Waals surface area contributed by atoms with E-state index in [0.29, 0.717) is 26.2 Å². The molecule has 0 aliphatic carbocycles. The smallest absolute Gasteiger partial charge is 0.233 e. The van der Waals surface area contributed by atoms with E-state index in [-0.39, 0.29) is 17.8 Å². The number of anilines is 1. The number of carbonyl (C=O) groups is 1. The number of rotatable bonds is 9. The molecule has 1 saturated heterocycles. The Morgan fingerprint density at radius 3 is 2.71 bits per heavy atom. The number of carbonyl (C=O) groups excluding carboxylic acids is 1. The third-order valence-electron chi connectivity index (χ3n) is 6.28. The Labute approximate surface area is 209 Å². The number of benzene rings is 1. The van der Waals surface area contributed by atoms with E-state index in [4.69, 9.17) is 13.9 Å². The Hall–Kier alpha value is -3.14. The lowest BCUT2D eigenvalue weighted by Gasteiger charge is -2.31. The maximum Gasteiger partial charge on any atom is 0.233 e. The van der Waals surface area contributed by atoms with Crippen molar-refractivity contribution in [3.8, 4) is 11.5 Å². The summed E-state index contributed by atoms with van der Waals surface area (Å²) in [6.07, 6.45) is 5.01. The van der Waals surface area contributed by atoms with Gasteiger partial charge in [-0.05, 0) is 50.5 Å². The Morgan fingerprint density at radius 1 is 1.11 bits per heavy atom. The Bertz CT molecular complexity index is 1110. The van der Waals surface area contributed by atoms with Crippen LogP contribution >= 0.6 is 11.8 Å². The SMILES string of the molecule is CCN(CC1COc2ccccc2O1)C(=O)CSc1nnc(N2CCCCC2)n1Cc1ccco1. The van der Waals surface area contributed by atoms with Crippen molar-refractivity contribution in [1.29, 1.82) is 0 Å². The number of amides is 1. The fraction of sp³-hybridized carbons (Fsp3) is 0.480. The first-order valence-corrected chi connectivity index (χ1v) is 13.2. The Balaban J connectivity index is 1.24. The van der Waals surface area contributed by atoms with Gasteiger partial charge < -0.3 is 23.7 Å². The van der Waals surface area contributed by atoms with E-state index < -0.39 is 0 Å². The first-order valence-electron chi connectivity index (χ1n) is 12.2. The van der Waals surface area contributed by atoms with Crippen molar-refractivity contribution >= 4 is 23.6 Å². The fourth-order valence-electron chi connectivity index (χ4n) is 4.44. The molecule has 5 rings (SSSR count). The van der Waals surface area contributed by atoms with Gasteiger partial charge in [-0.2, -0.15) is 0 Å². The quantitative estimate of drug-likeness (QED) is 0.414. The largest absolute Gasteiger partial charge is 0.486 e. The molecule has 0 bridgehead atoms. The van der Waals surface area contributed by atoms with E-state index in [1.54, 1.807) is 6.26 Å². The van der Waals surface area contributed by atoms with Gasteiger partial charge in [-0.3, -0.25) is 9.36 Å². The van der Waals surface area contributed by atoms with E-state index in [1.165, 1.54) is 18.2 Å². The van der Waals surface area contributed by atoms with Crippen LogP contribution in [-0.4, -0.2) is 70.2 Å². The van der Waals surface area contributed by atoms with Crippen molar-refractivity contribution in [1.82, 2.24) is 19.7 Å². The standard InChI is InChI=1S/C25H31N5O4S/c1-2-28(15-20-17-33-21-10-4-5-11-22(21)34-20)23(31)18-35-25-27-26-24(29-12-6-3-7-13-29)30(25)16-19-9-8-14-32-19/h4-5,8-11,14,20H,2-3,6-7,12-13,15-18H2,1H3. The van der Waals surface area contributed by atoms with Gasteiger partial charge in [0.15, 0.2) is 22.8 Å². The van der Waals surface area contributed by atoms with Gasteiger partial charge in [-0.25, -0.2) is 0 Å². The number of ether oxygens (including phenoxy) is 2. The molecule has 1 atom stereocenters. The van der Waals surface area contributed by atoms with Crippen molar-refractivity contribution in [2.45, 2.75) is 44.0 Å². The van der Waals surface area contributed by atoms with Gasteiger partial charge in [0.25, 0.3) is 0 Å². The van der Waals surface area contributed by atoms with Gasteiger partial charge >= 0.3 is 0 Å². The lowest BCUT2D eigenvalue weighted by atomic mass is 10.1. The predicted octanol–water partition coefficient (Wildman–Crippen LogP) is 3.69. The van der Waals surface area contributed by atoms with Crippen LogP contribution in [0.3, 0.4) is 0 Å². The van der Waals surface area contributed by atoms with E-state index in [1.807, 2.05) is 48.2 Å². The molecule has 9 nitrogen and oxygen atoms in total. The molecule has 0 spiro atoms. The molecule has 1 fully saturated rings. The summed E-state index contributed by atoms with van der Waals surface area (Å²) in [5.41, 5.74) is 0. The molecular weight excluding hydrogens is 466 g/mol. The second-order valence-corrected chi connectivity index (χ2v) is 9.66. The van der Waals surface area contributed by atoms with Crippen LogP contribution in [0.2, 0.25) is 0 Å². The molecular formula is C25H31N5O4S. The van der Waals surface area contributed by atoms with Crippen LogP contribution in [0.5, 0.6) is 11.5 Å². The number of fused-ring (bicyclic) bond motifs is 1. The number of para-hydroxylation sites is 2. The lowest BCUT2D eigenvalue weighted by Crippen LogP contribution is -2.44. The summed E-state index contributed by atoms with van der Waals surface area (Å²) in [6.45, 7) is 5.94. The van der Waals surface area contributed by atoms with E-state index in [9.17, 15) is 4.79 Å². The second kappa shape index (κ2) is 11.1. The van der Waals surface area contributed by atoms with Crippen molar-refractivity contribution in [2.24, 2.45) is 0 Å². The highest BCUT2D eigenvalue weighted by molar-refractivity contribution is 7.99. The van der Waals surface area contributed by atoms with Gasteiger partial charge in [-0.1, -0.05) is 23.9 Å². The first-order chi connectivity index (χ1) is 17.2. The average molecular weight is 498 g/mol. The van der Waals surface area contributed by atoms with Crippen molar-refractivity contribution < 1.29 is 18.7 Å². The summed E-state index contributed by atoms with van der Waals surface area (Å²) in [5, 5.41) is 9.66. The van der Waals surface area contributed by atoms with E-state index >= 15 is 0 Å². The van der Waals surface area contributed by atoms with E-state index in [0.717, 1.165) is 54.3 Å². The normalized spacial score (nSPS) is 17.4. The molecule has 10 heteroatoms. The van der Waals surface area contributed by atoms with Gasteiger partial charge in [-0.15, -0.1) is 10.2 Å². The molecule has 3 aromatic rings. The maximum atomic E-state index is 13.1. The number of aromatic nitrogens is 3. The third kappa shape index (κ3) is 5.58. The number of hydrogen-bond acceptors (Lipinski definition) is 8. The van der Waals surface area contributed by atoms with Crippen molar-refractivity contribution in [2.75, 3.05) is 43.4 Å². The molecule has 0 radical (unpaired) electrons. The molecule has 4 heterocycles. The molecule has 2 aromatic heterocycles. The van der Waals surface area contributed by atoms with Gasteiger partial charge in [0.05, 0.1) is 25.1 Å². The summed E-state index contributed by atoms with van der Waals surface area (Å²) in [6, 6.07) is 11.4. The monoisotopic (exact) mass is 497 g/mol. The third-order valence-corrected chi connectivity index (χ3v) is 7.23. The molecule has 1 aromatic carbocycles. The van der Waals surface area contributed by atoms with Crippen LogP contribution < -0.4 is 14.4 Å². The highest BCUT2D eigenvalue weighted by Crippen LogP contribution is 2.31. The van der Waals surface area contributed by atoms with Crippen LogP contribution in [-0.2, 0) is 11.3 Å². The van der Waals surface area contributed by atoms with Gasteiger partial charge in [0, 0.05) is 19.6 Å². The summed E-state index contributed by atoms with van der Waals surface area (Å²) in [4.78, 5) is 17.2. The van der Waals surface area contributed by atoms with E-state index in [2.05, 4.69) is 19.7 Å². The molecule has 1 unspecified atom stereocenters. The summed E-state index contributed by atoms with van der Waals surface area (Å²) in [5.74, 6) is 3.45. The zero-order valence-corrected chi connectivity index (χ0v) is 20.8. The maximum absolute atomic E-state index is 13.1. The molecule has 0 saturated carbocycles. The number of furan rings is 1. The Morgan fingerprint density at radius 2 is 1.94 bits per heavy atom. The fourth-order valence-corrected chi connectivity index (χ4v) is 5.27. The predicted molar refractivity (Wildman–Crippen MR) is 133 cm³/mol. The minimum Gasteiger partial charge on any atom is -0.486 e. The van der Waals surface area contributed by atoms with Gasteiger partial charge in [0.1, 0.15) is 12.4 Å². The zero-order valence-electron chi connectivity index (χ0n) is 20.0. The number of piperidine rings is 1. The van der Waals surface area contributed by atoms with Crippen LogP contribution in [0.4, 0.5) is 5.95 Å². The number of hydrogen-bond donors (Lipinski definition) is 0. The molecule has 2 aliphatic rings. The zero-order chi connectivity index (χ0) is 24.0. The number of likely N-dealkylation sites (N-methyl/N-ethyl adjacent to an activating group) is 1. The molecule has 186 valence electrons. The lowest BCUT2D eigenvalue weighted by molar-refractivity contribution is -0.129. The molecule has 1 amide bonds. The summed E-state index contributed by atoms with van der Waals surface area (Å²) < 4.78 is 19.5. The van der Waals surface area contributed by atoms with Crippen molar-refractivity contribution in [3.05, 3.63) is 48.4 Å². The number of nitrogens with zero attached hydrogens (tertiary/aromatic N) is 5. The van der Waals surface area contributed by atoms with Crippen LogP contribution in [0.1, 0.15) is 31.9 Å². The summed E-state index contributed by atoms with van der Waals surface area (Å²) >= 11 is 1.41. The van der Waals surface area contributed by atoms with Crippen LogP contribution in [0, 0.1) is 0 Å². The summed E-state index contributed by atoms with van der Waals surface area (Å²) in [7, 11) is 0. The van der Waals surface area contributed by atoms with Crippen molar-refractivity contribution in [3.63, 3.8) is 0 Å². The highest BCUT2D eigenvalue weighted by Gasteiger charge is 2.26. The minimum absolute atomic E-state index is 0.0343. The average Bonchev–Trinajstić information content (AvgIpc) is 3.56. The van der Waals surface area contributed by atoms with Crippen LogP contribution in [0.25, 0.3) is 0 Å².